The molecule has 1 atom stereocenters. The number of nitrogens with one attached hydrogen (secondary N) is 1. The van der Waals surface area contributed by atoms with E-state index in [1.165, 1.54) is 0 Å². The van der Waals surface area contributed by atoms with Gasteiger partial charge in [0.05, 0.1) is 6.61 Å². The highest BCUT2D eigenvalue weighted by atomic mass is 35.5. The maximum absolute atomic E-state index is 11.8. The number of ether oxygens (including phenoxy) is 1. The average molecular weight is 290 g/mol. The maximum atomic E-state index is 11.8. The van der Waals surface area contributed by atoms with Crippen molar-refractivity contribution in [1.82, 2.24) is 5.32 Å². The molecule has 98 valence electrons. The molecule has 0 saturated carbocycles. The number of benzene rings is 1. The second-order valence-corrected chi connectivity index (χ2v) is 4.51. The number of halogens is 2. The van der Waals surface area contributed by atoms with Crippen LogP contribution in [0.5, 0.6) is 0 Å². The van der Waals surface area contributed by atoms with Gasteiger partial charge in [-0.1, -0.05) is 53.5 Å². The molecule has 0 radical (unpaired) electrons. The highest BCUT2D eigenvalue weighted by molar-refractivity contribution is 6.54. The number of alkyl halides is 2. The minimum atomic E-state index is -1.21. The smallest absolute Gasteiger partial charge is 0.407 e. The summed E-state index contributed by atoms with van der Waals surface area (Å²) in [4.78, 5) is 22.0. The molecule has 1 N–H and O–H groups in total. The van der Waals surface area contributed by atoms with Crippen LogP contribution in [0.2, 0.25) is 0 Å². The Morgan fingerprint density at radius 1 is 1.28 bits per heavy atom. The maximum Gasteiger partial charge on any atom is 0.407 e. The standard InChI is InChI=1S/C12H13Cl2NO3/c1-2-18-12(17)15-9(10(16)11(13)14)8-6-4-3-5-7-8/h3-7,9,11H,2H2,1H3,(H,15,17)/t9-/m1/s1. The van der Waals surface area contributed by atoms with E-state index in [1.807, 2.05) is 0 Å². The van der Waals surface area contributed by atoms with Gasteiger partial charge in [0.15, 0.2) is 10.6 Å². The largest absolute Gasteiger partial charge is 0.450 e. The lowest BCUT2D eigenvalue weighted by atomic mass is 10.0. The highest BCUT2D eigenvalue weighted by Crippen LogP contribution is 2.19. The van der Waals surface area contributed by atoms with Crippen molar-refractivity contribution in [3.8, 4) is 0 Å². The number of amides is 1. The Bertz CT molecular complexity index is 409. The summed E-state index contributed by atoms with van der Waals surface area (Å²) in [5.41, 5.74) is 0.599. The Kier molecular flexibility index (Phi) is 5.95. The molecule has 0 spiro atoms. The van der Waals surface area contributed by atoms with Crippen molar-refractivity contribution >= 4 is 35.1 Å². The van der Waals surface area contributed by atoms with Crippen molar-refractivity contribution in [2.45, 2.75) is 17.8 Å². The fourth-order valence-corrected chi connectivity index (χ4v) is 1.63. The summed E-state index contributed by atoms with van der Waals surface area (Å²) in [7, 11) is 0. The van der Waals surface area contributed by atoms with Crippen LogP contribution in [0.25, 0.3) is 0 Å². The average Bonchev–Trinajstić information content (AvgIpc) is 2.36. The second kappa shape index (κ2) is 7.24. The summed E-state index contributed by atoms with van der Waals surface area (Å²) in [5.74, 6) is -0.502. The van der Waals surface area contributed by atoms with Crippen LogP contribution in [0.15, 0.2) is 30.3 Å². The third kappa shape index (κ3) is 4.20. The summed E-state index contributed by atoms with van der Waals surface area (Å²) >= 11 is 11.1. The van der Waals surface area contributed by atoms with E-state index in [0.29, 0.717) is 5.56 Å². The number of carbonyl (C=O) groups excluding carboxylic acids is 2. The van der Waals surface area contributed by atoms with Crippen LogP contribution in [0.3, 0.4) is 0 Å². The van der Waals surface area contributed by atoms with E-state index in [4.69, 9.17) is 27.9 Å². The van der Waals surface area contributed by atoms with Crippen molar-refractivity contribution < 1.29 is 14.3 Å². The van der Waals surface area contributed by atoms with Crippen LogP contribution in [0.1, 0.15) is 18.5 Å². The molecule has 0 heterocycles. The van der Waals surface area contributed by atoms with Gasteiger partial charge in [-0.05, 0) is 12.5 Å². The lowest BCUT2D eigenvalue weighted by Crippen LogP contribution is -2.36. The second-order valence-electron chi connectivity index (χ2n) is 3.41. The molecule has 0 aliphatic carbocycles. The van der Waals surface area contributed by atoms with Gasteiger partial charge in [0.2, 0.25) is 0 Å². The van der Waals surface area contributed by atoms with Crippen molar-refractivity contribution in [2.75, 3.05) is 6.61 Å². The molecule has 1 rings (SSSR count). The van der Waals surface area contributed by atoms with Crippen molar-refractivity contribution in [3.63, 3.8) is 0 Å². The quantitative estimate of drug-likeness (QED) is 0.848. The van der Waals surface area contributed by atoms with Gasteiger partial charge in [-0.15, -0.1) is 0 Å². The van der Waals surface area contributed by atoms with Gasteiger partial charge in [-0.3, -0.25) is 4.79 Å². The third-order valence-corrected chi connectivity index (χ3v) is 2.60. The minimum absolute atomic E-state index is 0.215. The number of hydrogen-bond donors (Lipinski definition) is 1. The van der Waals surface area contributed by atoms with Crippen molar-refractivity contribution in [3.05, 3.63) is 35.9 Å². The van der Waals surface area contributed by atoms with E-state index < -0.39 is 22.8 Å². The van der Waals surface area contributed by atoms with Crippen LogP contribution in [-0.4, -0.2) is 23.3 Å². The summed E-state index contributed by atoms with van der Waals surface area (Å²) < 4.78 is 4.74. The van der Waals surface area contributed by atoms with Gasteiger partial charge < -0.3 is 10.1 Å². The van der Waals surface area contributed by atoms with Crippen LogP contribution in [0.4, 0.5) is 4.79 Å². The van der Waals surface area contributed by atoms with Gasteiger partial charge >= 0.3 is 6.09 Å². The molecule has 0 aliphatic rings. The first-order valence-corrected chi connectivity index (χ1v) is 6.23. The van der Waals surface area contributed by atoms with Gasteiger partial charge in [0, 0.05) is 0 Å². The van der Waals surface area contributed by atoms with Gasteiger partial charge in [-0.25, -0.2) is 4.79 Å². The lowest BCUT2D eigenvalue weighted by Gasteiger charge is -2.18. The van der Waals surface area contributed by atoms with E-state index in [9.17, 15) is 9.59 Å². The zero-order valence-electron chi connectivity index (χ0n) is 9.73. The monoisotopic (exact) mass is 289 g/mol. The SMILES string of the molecule is CCOC(=O)N[C@@H](C(=O)C(Cl)Cl)c1ccccc1. The highest BCUT2D eigenvalue weighted by Gasteiger charge is 2.27. The third-order valence-electron chi connectivity index (χ3n) is 2.17. The first kappa shape index (κ1) is 14.8. The minimum Gasteiger partial charge on any atom is -0.450 e. The number of ketones is 1. The topological polar surface area (TPSA) is 55.4 Å². The molecule has 4 nitrogen and oxygen atoms in total. The molecular formula is C12H13Cl2NO3. The first-order chi connectivity index (χ1) is 8.56. The first-order valence-electron chi connectivity index (χ1n) is 5.36. The van der Waals surface area contributed by atoms with Crippen molar-refractivity contribution in [2.24, 2.45) is 0 Å². The Hall–Kier alpha value is -1.26. The molecule has 0 fully saturated rings. The van der Waals surface area contributed by atoms with E-state index in [2.05, 4.69) is 5.32 Å². The van der Waals surface area contributed by atoms with E-state index >= 15 is 0 Å². The fraction of sp³-hybridized carbons (Fsp3) is 0.333. The Balaban J connectivity index is 2.89. The summed E-state index contributed by atoms with van der Waals surface area (Å²) in [6.45, 7) is 1.89. The Morgan fingerprint density at radius 3 is 2.39 bits per heavy atom. The number of hydrogen-bond acceptors (Lipinski definition) is 3. The van der Waals surface area contributed by atoms with Crippen molar-refractivity contribution in [1.29, 1.82) is 0 Å². The molecule has 0 aliphatic heterocycles. The predicted molar refractivity (Wildman–Crippen MR) is 69.8 cm³/mol. The Morgan fingerprint density at radius 2 is 1.89 bits per heavy atom. The molecule has 1 amide bonds. The van der Waals surface area contributed by atoms with Gasteiger partial charge in [0.1, 0.15) is 6.04 Å². The summed E-state index contributed by atoms with van der Waals surface area (Å²) in [6.07, 6.45) is -0.686. The predicted octanol–water partition coefficient (Wildman–Crippen LogP) is 2.85. The Labute approximate surface area is 115 Å². The molecule has 0 saturated heterocycles. The zero-order chi connectivity index (χ0) is 13.5. The molecule has 6 heteroatoms. The van der Waals surface area contributed by atoms with E-state index in [-0.39, 0.29) is 6.61 Å². The lowest BCUT2D eigenvalue weighted by molar-refractivity contribution is -0.119. The zero-order valence-corrected chi connectivity index (χ0v) is 11.2. The van der Waals surface area contributed by atoms with E-state index in [1.54, 1.807) is 37.3 Å². The number of Topliss-reactive ketones (excluding diaryl/α,β-unsaturated/α-hetero) is 1. The fourth-order valence-electron chi connectivity index (χ4n) is 1.38. The molecule has 1 aromatic rings. The molecular weight excluding hydrogens is 277 g/mol. The van der Waals surface area contributed by atoms with Crippen LogP contribution in [-0.2, 0) is 9.53 Å². The number of alkyl carbamates (subject to hydrolysis) is 1. The molecule has 0 bridgehead atoms. The van der Waals surface area contributed by atoms with Gasteiger partial charge in [-0.2, -0.15) is 0 Å². The van der Waals surface area contributed by atoms with Crippen LogP contribution in [0, 0.1) is 0 Å². The number of carbonyl (C=O) groups is 2. The van der Waals surface area contributed by atoms with E-state index in [0.717, 1.165) is 0 Å². The molecule has 0 unspecified atom stereocenters. The normalized spacial score (nSPS) is 12.0. The molecule has 1 aromatic carbocycles. The van der Waals surface area contributed by atoms with Crippen LogP contribution < -0.4 is 5.32 Å². The molecule has 18 heavy (non-hydrogen) atoms. The summed E-state index contributed by atoms with van der Waals surface area (Å²) in [6, 6.07) is 7.79. The van der Waals surface area contributed by atoms with Gasteiger partial charge in [0.25, 0.3) is 0 Å². The summed E-state index contributed by atoms with van der Waals surface area (Å²) in [5, 5.41) is 2.44. The van der Waals surface area contributed by atoms with Crippen LogP contribution >= 0.6 is 23.2 Å². The number of rotatable bonds is 5. The molecule has 0 aromatic heterocycles.